The molecule has 0 amide bonds. The molecule has 0 aromatic heterocycles. The molecule has 2 aromatic rings. The molecule has 0 aliphatic rings. The van der Waals surface area contributed by atoms with E-state index >= 15 is 0 Å². The number of hydrogen-bond acceptors (Lipinski definition) is 1. The standard InChI is InChI=1S/C18H21BrFN/c1-5-21-18(14-6-7-15(19)16(20)10-14)17-12(3)8-11(2)9-13(17)4/h6-10,18,21H,5H2,1-4H3. The van der Waals surface area contributed by atoms with Gasteiger partial charge in [0.1, 0.15) is 5.82 Å². The Labute approximate surface area is 134 Å². The van der Waals surface area contributed by atoms with Crippen LogP contribution in [0, 0.1) is 26.6 Å². The molecule has 0 heterocycles. The van der Waals surface area contributed by atoms with Crippen LogP contribution in [0.1, 0.15) is 40.8 Å². The number of rotatable bonds is 4. The molecule has 1 unspecified atom stereocenters. The third-order valence-electron chi connectivity index (χ3n) is 3.71. The van der Waals surface area contributed by atoms with Crippen LogP contribution in [0.2, 0.25) is 0 Å². The van der Waals surface area contributed by atoms with E-state index in [1.165, 1.54) is 22.3 Å². The Morgan fingerprint density at radius 2 is 1.71 bits per heavy atom. The topological polar surface area (TPSA) is 12.0 Å². The van der Waals surface area contributed by atoms with Crippen molar-refractivity contribution in [1.82, 2.24) is 5.32 Å². The van der Waals surface area contributed by atoms with Gasteiger partial charge in [-0.3, -0.25) is 0 Å². The van der Waals surface area contributed by atoms with Gasteiger partial charge in [-0.05, 0) is 77.6 Å². The highest BCUT2D eigenvalue weighted by Crippen LogP contribution is 2.30. The monoisotopic (exact) mass is 349 g/mol. The van der Waals surface area contributed by atoms with Gasteiger partial charge >= 0.3 is 0 Å². The predicted molar refractivity (Wildman–Crippen MR) is 90.3 cm³/mol. The van der Waals surface area contributed by atoms with Crippen LogP contribution in [0.4, 0.5) is 4.39 Å². The Morgan fingerprint density at radius 3 is 2.24 bits per heavy atom. The summed E-state index contributed by atoms with van der Waals surface area (Å²) in [5.74, 6) is -0.224. The minimum Gasteiger partial charge on any atom is -0.307 e. The highest BCUT2D eigenvalue weighted by Gasteiger charge is 2.18. The van der Waals surface area contributed by atoms with Crippen LogP contribution >= 0.6 is 15.9 Å². The zero-order valence-electron chi connectivity index (χ0n) is 12.9. The van der Waals surface area contributed by atoms with Crippen LogP contribution < -0.4 is 5.32 Å². The molecule has 1 nitrogen and oxygen atoms in total. The average molecular weight is 350 g/mol. The predicted octanol–water partition coefficient (Wildman–Crippen LogP) is 5.21. The molecule has 2 aromatic carbocycles. The first-order chi connectivity index (χ1) is 9.93. The molecule has 0 spiro atoms. The summed E-state index contributed by atoms with van der Waals surface area (Å²) in [5.41, 5.74) is 5.92. The first-order valence-electron chi connectivity index (χ1n) is 7.20. The molecule has 1 atom stereocenters. The smallest absolute Gasteiger partial charge is 0.137 e. The summed E-state index contributed by atoms with van der Waals surface area (Å²) in [7, 11) is 0. The summed E-state index contributed by atoms with van der Waals surface area (Å²) in [6.07, 6.45) is 0. The van der Waals surface area contributed by atoms with Gasteiger partial charge in [-0.25, -0.2) is 4.39 Å². The van der Waals surface area contributed by atoms with Gasteiger partial charge in [0, 0.05) is 0 Å². The van der Waals surface area contributed by atoms with Crippen molar-refractivity contribution in [2.75, 3.05) is 6.54 Å². The van der Waals surface area contributed by atoms with Crippen molar-refractivity contribution >= 4 is 15.9 Å². The molecule has 0 saturated heterocycles. The van der Waals surface area contributed by atoms with Gasteiger partial charge in [0.25, 0.3) is 0 Å². The van der Waals surface area contributed by atoms with E-state index in [1.54, 1.807) is 12.1 Å². The molecule has 0 fully saturated rings. The number of halogens is 2. The molecule has 0 radical (unpaired) electrons. The Morgan fingerprint density at radius 1 is 1.10 bits per heavy atom. The molecular formula is C18H21BrFN. The molecule has 112 valence electrons. The first kappa shape index (κ1) is 16.2. The fraction of sp³-hybridized carbons (Fsp3) is 0.333. The summed E-state index contributed by atoms with van der Waals surface area (Å²) in [6, 6.07) is 9.73. The maximum atomic E-state index is 13.9. The molecule has 0 aliphatic carbocycles. The average Bonchev–Trinajstić information content (AvgIpc) is 2.40. The molecule has 0 bridgehead atoms. The van der Waals surface area contributed by atoms with E-state index < -0.39 is 0 Å². The van der Waals surface area contributed by atoms with Gasteiger partial charge < -0.3 is 5.32 Å². The van der Waals surface area contributed by atoms with E-state index in [2.05, 4.69) is 61.1 Å². The molecule has 0 aliphatic heterocycles. The highest BCUT2D eigenvalue weighted by molar-refractivity contribution is 9.10. The SMILES string of the molecule is CCNC(c1ccc(Br)c(F)c1)c1c(C)cc(C)cc1C. The lowest BCUT2D eigenvalue weighted by molar-refractivity contribution is 0.596. The van der Waals surface area contributed by atoms with Crippen LogP contribution in [0.3, 0.4) is 0 Å². The Balaban J connectivity index is 2.55. The zero-order chi connectivity index (χ0) is 15.6. The Hall–Kier alpha value is -1.19. The summed E-state index contributed by atoms with van der Waals surface area (Å²) in [5, 5.41) is 3.48. The van der Waals surface area contributed by atoms with Crippen LogP contribution in [-0.2, 0) is 0 Å². The van der Waals surface area contributed by atoms with Crippen LogP contribution in [0.15, 0.2) is 34.8 Å². The summed E-state index contributed by atoms with van der Waals surface area (Å²) >= 11 is 3.22. The van der Waals surface area contributed by atoms with Crippen molar-refractivity contribution in [2.24, 2.45) is 0 Å². The minimum atomic E-state index is -0.224. The largest absolute Gasteiger partial charge is 0.307 e. The van der Waals surface area contributed by atoms with E-state index in [-0.39, 0.29) is 11.9 Å². The second-order valence-corrected chi connectivity index (χ2v) is 6.33. The van der Waals surface area contributed by atoms with Crippen molar-refractivity contribution in [3.05, 3.63) is 68.4 Å². The Bertz CT molecular complexity index is 629. The molecular weight excluding hydrogens is 329 g/mol. The third kappa shape index (κ3) is 3.53. The lowest BCUT2D eigenvalue weighted by atomic mass is 9.90. The van der Waals surface area contributed by atoms with Crippen LogP contribution in [-0.4, -0.2) is 6.54 Å². The van der Waals surface area contributed by atoms with Crippen molar-refractivity contribution < 1.29 is 4.39 Å². The minimum absolute atomic E-state index is 0.0122. The quantitative estimate of drug-likeness (QED) is 0.798. The van der Waals surface area contributed by atoms with Crippen molar-refractivity contribution in [2.45, 2.75) is 33.7 Å². The van der Waals surface area contributed by atoms with E-state index in [0.29, 0.717) is 4.47 Å². The fourth-order valence-corrected chi connectivity index (χ4v) is 3.18. The van der Waals surface area contributed by atoms with Crippen LogP contribution in [0.5, 0.6) is 0 Å². The van der Waals surface area contributed by atoms with E-state index in [4.69, 9.17) is 0 Å². The van der Waals surface area contributed by atoms with E-state index in [0.717, 1.165) is 12.1 Å². The van der Waals surface area contributed by atoms with Gasteiger partial charge in [0.15, 0.2) is 0 Å². The summed E-state index contributed by atoms with van der Waals surface area (Å²) < 4.78 is 14.4. The zero-order valence-corrected chi connectivity index (χ0v) is 14.5. The van der Waals surface area contributed by atoms with Crippen molar-refractivity contribution in [1.29, 1.82) is 0 Å². The van der Waals surface area contributed by atoms with Gasteiger partial charge in [-0.1, -0.05) is 30.7 Å². The maximum absolute atomic E-state index is 13.9. The lowest BCUT2D eigenvalue weighted by Crippen LogP contribution is -2.24. The first-order valence-corrected chi connectivity index (χ1v) is 7.99. The van der Waals surface area contributed by atoms with E-state index in [9.17, 15) is 4.39 Å². The second kappa shape index (κ2) is 6.71. The summed E-state index contributed by atoms with van der Waals surface area (Å²) in [6.45, 7) is 9.24. The second-order valence-electron chi connectivity index (χ2n) is 5.48. The van der Waals surface area contributed by atoms with Gasteiger partial charge in [-0.2, -0.15) is 0 Å². The number of aryl methyl sites for hydroxylation is 3. The summed E-state index contributed by atoms with van der Waals surface area (Å²) in [4.78, 5) is 0. The highest BCUT2D eigenvalue weighted by atomic mass is 79.9. The molecule has 1 N–H and O–H groups in total. The number of nitrogens with one attached hydrogen (secondary N) is 1. The van der Waals surface area contributed by atoms with E-state index in [1.807, 2.05) is 6.07 Å². The lowest BCUT2D eigenvalue weighted by Gasteiger charge is -2.24. The van der Waals surface area contributed by atoms with Crippen molar-refractivity contribution in [3.63, 3.8) is 0 Å². The number of hydrogen-bond donors (Lipinski definition) is 1. The molecule has 0 saturated carbocycles. The molecule has 2 rings (SSSR count). The van der Waals surface area contributed by atoms with Crippen molar-refractivity contribution in [3.8, 4) is 0 Å². The van der Waals surface area contributed by atoms with Gasteiger partial charge in [0.05, 0.1) is 10.5 Å². The third-order valence-corrected chi connectivity index (χ3v) is 4.36. The fourth-order valence-electron chi connectivity index (χ4n) is 2.93. The number of benzene rings is 2. The molecule has 3 heteroatoms. The molecule has 21 heavy (non-hydrogen) atoms. The Kier molecular flexibility index (Phi) is 5.17. The van der Waals surface area contributed by atoms with Gasteiger partial charge in [0.2, 0.25) is 0 Å². The maximum Gasteiger partial charge on any atom is 0.137 e. The van der Waals surface area contributed by atoms with Gasteiger partial charge in [-0.15, -0.1) is 0 Å². The normalized spacial score (nSPS) is 12.5. The van der Waals surface area contributed by atoms with Crippen LogP contribution in [0.25, 0.3) is 0 Å².